The Balaban J connectivity index is 1.78. The van der Waals surface area contributed by atoms with E-state index >= 15 is 0 Å². The van der Waals surface area contributed by atoms with Crippen LogP contribution < -0.4 is 0 Å². The first kappa shape index (κ1) is 14.6. The molecule has 0 aliphatic rings. The van der Waals surface area contributed by atoms with Crippen molar-refractivity contribution in [1.29, 1.82) is 0 Å². The summed E-state index contributed by atoms with van der Waals surface area (Å²) in [6.45, 7) is 6.18. The zero-order valence-electron chi connectivity index (χ0n) is 13.8. The van der Waals surface area contributed by atoms with Crippen LogP contribution in [0, 0.1) is 6.92 Å². The third-order valence-electron chi connectivity index (χ3n) is 4.02. The number of aryl methyl sites for hydroxylation is 1. The predicted octanol–water partition coefficient (Wildman–Crippen LogP) is 4.04. The van der Waals surface area contributed by atoms with Crippen LogP contribution >= 0.6 is 0 Å². The van der Waals surface area contributed by atoms with Crippen LogP contribution in [-0.2, 0) is 0 Å². The maximum atomic E-state index is 5.47. The lowest BCUT2D eigenvalue weighted by molar-refractivity contribution is 0.432. The molecule has 6 nitrogen and oxygen atoms in total. The van der Waals surface area contributed by atoms with Gasteiger partial charge in [-0.15, -0.1) is 5.10 Å². The van der Waals surface area contributed by atoms with Crippen LogP contribution in [0.25, 0.3) is 33.9 Å². The van der Waals surface area contributed by atoms with E-state index < -0.39 is 0 Å². The van der Waals surface area contributed by atoms with Crippen molar-refractivity contribution in [3.63, 3.8) is 0 Å². The number of hydrogen-bond acceptors (Lipinski definition) is 5. The number of aromatic nitrogens is 5. The first-order valence-corrected chi connectivity index (χ1v) is 7.88. The van der Waals surface area contributed by atoms with E-state index in [1.807, 2.05) is 54.1 Å². The van der Waals surface area contributed by atoms with Gasteiger partial charge in [0.1, 0.15) is 5.52 Å². The molecule has 4 rings (SSSR count). The zero-order valence-corrected chi connectivity index (χ0v) is 13.8. The normalized spacial score (nSPS) is 11.5. The van der Waals surface area contributed by atoms with E-state index in [4.69, 9.17) is 4.52 Å². The Morgan fingerprint density at radius 3 is 2.71 bits per heavy atom. The fourth-order valence-electron chi connectivity index (χ4n) is 2.72. The predicted molar refractivity (Wildman–Crippen MR) is 91.4 cm³/mol. The Labute approximate surface area is 139 Å². The summed E-state index contributed by atoms with van der Waals surface area (Å²) in [5.41, 5.74) is 4.76. The minimum atomic E-state index is 0.232. The highest BCUT2D eigenvalue weighted by atomic mass is 16.5. The van der Waals surface area contributed by atoms with Crippen molar-refractivity contribution < 1.29 is 4.52 Å². The monoisotopic (exact) mass is 319 g/mol. The molecule has 4 aromatic rings. The molecule has 0 aliphatic heterocycles. The van der Waals surface area contributed by atoms with Crippen LogP contribution in [-0.4, -0.2) is 25.1 Å². The summed E-state index contributed by atoms with van der Waals surface area (Å²) in [6, 6.07) is 14.1. The molecular formula is C18H17N5O. The largest absolute Gasteiger partial charge is 0.334 e. The van der Waals surface area contributed by atoms with Crippen molar-refractivity contribution in [3.8, 4) is 22.8 Å². The SMILES string of the molecule is Cc1ccccc1-c1noc(-c2ccc3nnn(C(C)C)c3c2)n1. The molecule has 0 fully saturated rings. The van der Waals surface area contributed by atoms with Crippen molar-refractivity contribution in [2.45, 2.75) is 26.8 Å². The summed E-state index contributed by atoms with van der Waals surface area (Å²) < 4.78 is 7.36. The molecule has 0 spiro atoms. The molecule has 2 heterocycles. The summed E-state index contributed by atoms with van der Waals surface area (Å²) in [4.78, 5) is 4.55. The molecule has 0 N–H and O–H groups in total. The molecule has 2 aromatic carbocycles. The van der Waals surface area contributed by atoms with Gasteiger partial charge in [0.2, 0.25) is 5.82 Å². The molecule has 0 saturated carbocycles. The van der Waals surface area contributed by atoms with Crippen molar-refractivity contribution in [2.75, 3.05) is 0 Å². The van der Waals surface area contributed by atoms with Gasteiger partial charge in [-0.05, 0) is 44.5 Å². The second-order valence-electron chi connectivity index (χ2n) is 6.07. The van der Waals surface area contributed by atoms with Crippen molar-refractivity contribution in [1.82, 2.24) is 25.1 Å². The number of nitrogens with zero attached hydrogens (tertiary/aromatic N) is 5. The second kappa shape index (κ2) is 5.56. The van der Waals surface area contributed by atoms with Gasteiger partial charge in [0.25, 0.3) is 5.89 Å². The molecule has 0 bridgehead atoms. The van der Waals surface area contributed by atoms with Gasteiger partial charge in [-0.25, -0.2) is 4.68 Å². The summed E-state index contributed by atoms with van der Waals surface area (Å²) >= 11 is 0. The van der Waals surface area contributed by atoms with Gasteiger partial charge in [-0.1, -0.05) is 34.6 Å². The van der Waals surface area contributed by atoms with Crippen LogP contribution in [0.3, 0.4) is 0 Å². The van der Waals surface area contributed by atoms with Crippen LogP contribution in [0.5, 0.6) is 0 Å². The fraction of sp³-hybridized carbons (Fsp3) is 0.222. The Kier molecular flexibility index (Phi) is 3.37. The van der Waals surface area contributed by atoms with E-state index in [1.54, 1.807) is 0 Å². The third kappa shape index (κ3) is 2.36. The molecule has 0 radical (unpaired) electrons. The average molecular weight is 319 g/mol. The number of fused-ring (bicyclic) bond motifs is 1. The lowest BCUT2D eigenvalue weighted by Gasteiger charge is -2.05. The van der Waals surface area contributed by atoms with E-state index in [1.165, 1.54) is 0 Å². The van der Waals surface area contributed by atoms with Crippen LogP contribution in [0.15, 0.2) is 47.0 Å². The van der Waals surface area contributed by atoms with Crippen LogP contribution in [0.4, 0.5) is 0 Å². The zero-order chi connectivity index (χ0) is 16.7. The van der Waals surface area contributed by atoms with Gasteiger partial charge in [0.05, 0.1) is 5.52 Å². The summed E-state index contributed by atoms with van der Waals surface area (Å²) in [5.74, 6) is 1.09. The molecule has 0 atom stereocenters. The number of rotatable bonds is 3. The first-order valence-electron chi connectivity index (χ1n) is 7.88. The van der Waals surface area contributed by atoms with Crippen molar-refractivity contribution in [2.24, 2.45) is 0 Å². The summed E-state index contributed by atoms with van der Waals surface area (Å²) in [5, 5.41) is 12.5. The number of hydrogen-bond donors (Lipinski definition) is 0. The molecule has 0 saturated heterocycles. The van der Waals surface area contributed by atoms with Crippen LogP contribution in [0.1, 0.15) is 25.5 Å². The Bertz CT molecular complexity index is 1020. The molecule has 0 aliphatic carbocycles. The molecule has 0 amide bonds. The van der Waals surface area contributed by atoms with Gasteiger partial charge in [0, 0.05) is 17.2 Å². The van der Waals surface area contributed by atoms with E-state index in [9.17, 15) is 0 Å². The third-order valence-corrected chi connectivity index (χ3v) is 4.02. The average Bonchev–Trinajstić information content (AvgIpc) is 3.21. The quantitative estimate of drug-likeness (QED) is 0.570. The molecular weight excluding hydrogens is 302 g/mol. The lowest BCUT2D eigenvalue weighted by Crippen LogP contribution is -2.02. The topological polar surface area (TPSA) is 69.6 Å². The molecule has 0 unspecified atom stereocenters. The van der Waals surface area contributed by atoms with Gasteiger partial charge in [-0.3, -0.25) is 0 Å². The highest BCUT2D eigenvalue weighted by Gasteiger charge is 2.14. The Hall–Kier alpha value is -3.02. The van der Waals surface area contributed by atoms with Crippen molar-refractivity contribution >= 4 is 11.0 Å². The maximum absolute atomic E-state index is 5.47. The van der Waals surface area contributed by atoms with E-state index in [2.05, 4.69) is 34.3 Å². The van der Waals surface area contributed by atoms with E-state index in [0.29, 0.717) is 11.7 Å². The van der Waals surface area contributed by atoms with Gasteiger partial charge >= 0.3 is 0 Å². The first-order chi connectivity index (χ1) is 11.6. The van der Waals surface area contributed by atoms with Gasteiger partial charge in [0.15, 0.2) is 0 Å². The maximum Gasteiger partial charge on any atom is 0.258 e. The molecule has 120 valence electrons. The van der Waals surface area contributed by atoms with Crippen LogP contribution in [0.2, 0.25) is 0 Å². The highest BCUT2D eigenvalue weighted by molar-refractivity contribution is 5.80. The second-order valence-corrected chi connectivity index (χ2v) is 6.07. The fourth-order valence-corrected chi connectivity index (χ4v) is 2.72. The summed E-state index contributed by atoms with van der Waals surface area (Å²) in [6.07, 6.45) is 0. The van der Waals surface area contributed by atoms with Gasteiger partial charge in [-0.2, -0.15) is 4.98 Å². The Morgan fingerprint density at radius 2 is 1.92 bits per heavy atom. The minimum Gasteiger partial charge on any atom is -0.334 e. The van der Waals surface area contributed by atoms with E-state index in [0.717, 1.165) is 27.7 Å². The Morgan fingerprint density at radius 1 is 1.08 bits per heavy atom. The minimum absolute atomic E-state index is 0.232. The standard InChI is InChI=1S/C18H17N5O/c1-11(2)23-16-10-13(8-9-15(16)20-22-23)18-19-17(21-24-18)14-7-5-4-6-12(14)3/h4-11H,1-3H3. The summed E-state index contributed by atoms with van der Waals surface area (Å²) in [7, 11) is 0. The van der Waals surface area contributed by atoms with E-state index in [-0.39, 0.29) is 6.04 Å². The van der Waals surface area contributed by atoms with Crippen molar-refractivity contribution in [3.05, 3.63) is 48.0 Å². The molecule has 24 heavy (non-hydrogen) atoms. The molecule has 2 aromatic heterocycles. The smallest absolute Gasteiger partial charge is 0.258 e. The lowest BCUT2D eigenvalue weighted by atomic mass is 10.1. The van der Waals surface area contributed by atoms with Gasteiger partial charge < -0.3 is 4.52 Å². The highest BCUT2D eigenvalue weighted by Crippen LogP contribution is 2.27. The molecule has 6 heteroatoms. The number of benzene rings is 2.